The van der Waals surface area contributed by atoms with E-state index < -0.39 is 11.8 Å². The van der Waals surface area contributed by atoms with E-state index in [0.29, 0.717) is 22.3 Å². The standard InChI is InChI=1S/C29H21BrClN3O3S/c30-20-8-5-6-18(14-20)17-37-24-13-12-19-7-1-2-9-21(19)23(24)15-33-34-26(35)16-32-29(36)28-27(31)22-10-3-4-11-25(22)38-28/h1-15H,16-17H2,(H,32,36)(H,34,35). The lowest BCUT2D eigenvalue weighted by Crippen LogP contribution is -2.34. The fourth-order valence-corrected chi connectivity index (χ4v) is 5.81. The second kappa shape index (κ2) is 11.8. The van der Waals surface area contributed by atoms with E-state index in [0.717, 1.165) is 36.5 Å². The molecule has 0 atom stereocenters. The molecule has 6 nitrogen and oxygen atoms in total. The number of amides is 2. The molecule has 0 aliphatic heterocycles. The van der Waals surface area contributed by atoms with Crippen LogP contribution < -0.4 is 15.5 Å². The number of carbonyl (C=O) groups is 2. The van der Waals surface area contributed by atoms with Crippen LogP contribution in [0.15, 0.2) is 94.5 Å². The fraction of sp³-hybridized carbons (Fsp3) is 0.0690. The maximum absolute atomic E-state index is 12.6. The second-order valence-corrected chi connectivity index (χ2v) is 10.7. The number of carbonyl (C=O) groups excluding carboxylic acids is 2. The highest BCUT2D eigenvalue weighted by Gasteiger charge is 2.17. The Morgan fingerprint density at radius 2 is 1.76 bits per heavy atom. The summed E-state index contributed by atoms with van der Waals surface area (Å²) in [5, 5.41) is 9.89. The Morgan fingerprint density at radius 1 is 0.974 bits per heavy atom. The van der Waals surface area contributed by atoms with Crippen molar-refractivity contribution in [2.75, 3.05) is 6.54 Å². The van der Waals surface area contributed by atoms with Gasteiger partial charge in [0.1, 0.15) is 17.2 Å². The van der Waals surface area contributed by atoms with Gasteiger partial charge in [-0.25, -0.2) is 5.43 Å². The molecule has 0 bridgehead atoms. The summed E-state index contributed by atoms with van der Waals surface area (Å²) in [5.74, 6) is -0.245. The minimum absolute atomic E-state index is 0.247. The molecule has 0 aliphatic rings. The molecule has 5 aromatic rings. The Balaban J connectivity index is 1.26. The van der Waals surface area contributed by atoms with Gasteiger partial charge in [-0.3, -0.25) is 9.59 Å². The topological polar surface area (TPSA) is 79.8 Å². The summed E-state index contributed by atoms with van der Waals surface area (Å²) in [6, 6.07) is 27.1. The molecule has 9 heteroatoms. The molecule has 0 aliphatic carbocycles. The van der Waals surface area contributed by atoms with Crippen LogP contribution in [0.2, 0.25) is 5.02 Å². The summed E-state index contributed by atoms with van der Waals surface area (Å²) in [5.41, 5.74) is 4.22. The van der Waals surface area contributed by atoms with E-state index in [-0.39, 0.29) is 6.54 Å². The Hall–Kier alpha value is -3.72. The van der Waals surface area contributed by atoms with Crippen LogP contribution in [-0.4, -0.2) is 24.6 Å². The second-order valence-electron chi connectivity index (χ2n) is 8.33. The lowest BCUT2D eigenvalue weighted by Gasteiger charge is -2.12. The van der Waals surface area contributed by atoms with Crippen molar-refractivity contribution in [3.63, 3.8) is 0 Å². The Morgan fingerprint density at radius 3 is 2.58 bits per heavy atom. The first-order valence-corrected chi connectivity index (χ1v) is 13.6. The van der Waals surface area contributed by atoms with Gasteiger partial charge in [-0.15, -0.1) is 11.3 Å². The van der Waals surface area contributed by atoms with Gasteiger partial charge in [0.2, 0.25) is 0 Å². The van der Waals surface area contributed by atoms with E-state index in [1.54, 1.807) is 6.21 Å². The largest absolute Gasteiger partial charge is 0.488 e. The molecule has 190 valence electrons. The van der Waals surface area contributed by atoms with Gasteiger partial charge in [0.05, 0.1) is 17.8 Å². The lowest BCUT2D eigenvalue weighted by atomic mass is 10.0. The van der Waals surface area contributed by atoms with Gasteiger partial charge in [-0.1, -0.05) is 88.2 Å². The van der Waals surface area contributed by atoms with Gasteiger partial charge in [-0.2, -0.15) is 5.10 Å². The summed E-state index contributed by atoms with van der Waals surface area (Å²) in [6.07, 6.45) is 1.56. The Kier molecular flexibility index (Phi) is 8.03. The average Bonchev–Trinajstić information content (AvgIpc) is 3.27. The number of rotatable bonds is 8. The monoisotopic (exact) mass is 605 g/mol. The molecule has 0 unspecified atom stereocenters. The van der Waals surface area contributed by atoms with Gasteiger partial charge < -0.3 is 10.1 Å². The number of hydrazone groups is 1. The van der Waals surface area contributed by atoms with Crippen molar-refractivity contribution in [3.8, 4) is 5.75 Å². The van der Waals surface area contributed by atoms with Crippen molar-refractivity contribution in [3.05, 3.63) is 110 Å². The van der Waals surface area contributed by atoms with Crippen molar-refractivity contribution >= 4 is 77.8 Å². The first kappa shape index (κ1) is 25.9. The van der Waals surface area contributed by atoms with Crippen molar-refractivity contribution in [1.29, 1.82) is 0 Å². The molecule has 1 heterocycles. The van der Waals surface area contributed by atoms with Crippen LogP contribution in [0.25, 0.3) is 20.9 Å². The van der Waals surface area contributed by atoms with Crippen molar-refractivity contribution < 1.29 is 14.3 Å². The number of nitrogens with one attached hydrogen (secondary N) is 2. The molecule has 4 aromatic carbocycles. The molecule has 0 spiro atoms. The van der Waals surface area contributed by atoms with E-state index in [1.807, 2.05) is 84.9 Å². The van der Waals surface area contributed by atoms with Crippen molar-refractivity contribution in [1.82, 2.24) is 10.7 Å². The summed E-state index contributed by atoms with van der Waals surface area (Å²) in [7, 11) is 0. The first-order chi connectivity index (χ1) is 18.5. The molecule has 5 rings (SSSR count). The summed E-state index contributed by atoms with van der Waals surface area (Å²) < 4.78 is 8.00. The Bertz CT molecular complexity index is 1680. The predicted molar refractivity (Wildman–Crippen MR) is 157 cm³/mol. The zero-order valence-electron chi connectivity index (χ0n) is 19.9. The van der Waals surface area contributed by atoms with Gasteiger partial charge in [0.25, 0.3) is 11.8 Å². The number of hydrogen-bond acceptors (Lipinski definition) is 5. The number of benzene rings is 4. The van der Waals surface area contributed by atoms with Crippen molar-refractivity contribution in [2.45, 2.75) is 6.61 Å². The van der Waals surface area contributed by atoms with E-state index in [2.05, 4.69) is 31.8 Å². The number of hydrogen-bond donors (Lipinski definition) is 2. The fourth-order valence-electron chi connectivity index (χ4n) is 3.93. The molecule has 1 aromatic heterocycles. The molecule has 0 radical (unpaired) electrons. The zero-order valence-corrected chi connectivity index (χ0v) is 23.1. The van der Waals surface area contributed by atoms with Crippen LogP contribution in [0.1, 0.15) is 20.8 Å². The van der Waals surface area contributed by atoms with Crippen LogP contribution in [-0.2, 0) is 11.4 Å². The smallest absolute Gasteiger partial charge is 0.263 e. The highest BCUT2D eigenvalue weighted by Crippen LogP contribution is 2.35. The summed E-state index contributed by atoms with van der Waals surface area (Å²) in [4.78, 5) is 25.4. The quantitative estimate of drug-likeness (QED) is 0.149. The van der Waals surface area contributed by atoms with Crippen LogP contribution in [0.4, 0.5) is 0 Å². The maximum atomic E-state index is 12.6. The van der Waals surface area contributed by atoms with Crippen LogP contribution in [0, 0.1) is 0 Å². The van der Waals surface area contributed by atoms with Crippen LogP contribution in [0.3, 0.4) is 0 Å². The van der Waals surface area contributed by atoms with Crippen LogP contribution >= 0.6 is 38.9 Å². The number of nitrogens with zero attached hydrogens (tertiary/aromatic N) is 1. The highest BCUT2D eigenvalue weighted by molar-refractivity contribution is 9.10. The summed E-state index contributed by atoms with van der Waals surface area (Å²) >= 11 is 11.1. The normalized spacial score (nSPS) is 11.2. The molecule has 38 heavy (non-hydrogen) atoms. The van der Waals surface area contributed by atoms with Gasteiger partial charge in [0, 0.05) is 20.1 Å². The molecule has 0 fully saturated rings. The molecule has 2 N–H and O–H groups in total. The predicted octanol–water partition coefficient (Wildman–Crippen LogP) is 6.93. The minimum atomic E-state index is -0.469. The third-order valence-corrected chi connectivity index (χ3v) is 7.92. The SMILES string of the molecule is O=C(CNC(=O)c1sc2ccccc2c1Cl)NN=Cc1c(OCc2cccc(Br)c2)ccc2ccccc12. The Labute approximate surface area is 236 Å². The first-order valence-electron chi connectivity index (χ1n) is 11.7. The number of fused-ring (bicyclic) bond motifs is 2. The van der Waals surface area contributed by atoms with Gasteiger partial charge in [-0.05, 0) is 40.6 Å². The summed E-state index contributed by atoms with van der Waals surface area (Å²) in [6.45, 7) is 0.125. The van der Waals surface area contributed by atoms with Gasteiger partial charge in [0.15, 0.2) is 0 Å². The van der Waals surface area contributed by atoms with E-state index in [9.17, 15) is 9.59 Å². The van der Waals surface area contributed by atoms with Crippen LogP contribution in [0.5, 0.6) is 5.75 Å². The molecule has 2 amide bonds. The molecule has 0 saturated carbocycles. The highest BCUT2D eigenvalue weighted by atomic mass is 79.9. The van der Waals surface area contributed by atoms with E-state index in [1.165, 1.54) is 11.3 Å². The molecular weight excluding hydrogens is 586 g/mol. The minimum Gasteiger partial charge on any atom is -0.488 e. The maximum Gasteiger partial charge on any atom is 0.263 e. The number of ether oxygens (including phenoxy) is 1. The number of thiophene rings is 1. The zero-order chi connectivity index (χ0) is 26.5. The third kappa shape index (κ3) is 5.88. The average molecular weight is 607 g/mol. The lowest BCUT2D eigenvalue weighted by molar-refractivity contribution is -0.120. The number of halogens is 2. The third-order valence-electron chi connectivity index (χ3n) is 5.75. The van der Waals surface area contributed by atoms with Crippen molar-refractivity contribution in [2.24, 2.45) is 5.10 Å². The van der Waals surface area contributed by atoms with E-state index in [4.69, 9.17) is 16.3 Å². The molecule has 0 saturated heterocycles. The van der Waals surface area contributed by atoms with Gasteiger partial charge >= 0.3 is 0 Å². The van der Waals surface area contributed by atoms with E-state index >= 15 is 0 Å². The molecular formula is C29H21BrClN3O3S.